The van der Waals surface area contributed by atoms with E-state index in [9.17, 15) is 14.4 Å². The molecule has 0 saturated carbocycles. The second kappa shape index (κ2) is 7.28. The van der Waals surface area contributed by atoms with Gasteiger partial charge in [-0.25, -0.2) is 9.59 Å². The molecule has 0 spiro atoms. The van der Waals surface area contributed by atoms with Gasteiger partial charge in [0.1, 0.15) is 0 Å². The Morgan fingerprint density at radius 3 is 2.50 bits per heavy atom. The standard InChI is InChI=1S/C14H16O6/c1-3-20-14(18)12-9(7-8-11(15)19-2)5-4-6-10(12)13(16)17/h4-6H,3,7-8H2,1-2H3,(H,16,17). The molecule has 108 valence electrons. The van der Waals surface area contributed by atoms with Gasteiger partial charge >= 0.3 is 17.9 Å². The molecular weight excluding hydrogens is 264 g/mol. The number of esters is 2. The first-order chi connectivity index (χ1) is 9.51. The van der Waals surface area contributed by atoms with Crippen LogP contribution < -0.4 is 0 Å². The normalized spacial score (nSPS) is 9.90. The highest BCUT2D eigenvalue weighted by Gasteiger charge is 2.21. The van der Waals surface area contributed by atoms with Crippen molar-refractivity contribution in [2.45, 2.75) is 19.8 Å². The molecule has 6 heteroatoms. The van der Waals surface area contributed by atoms with Crippen molar-refractivity contribution in [2.24, 2.45) is 0 Å². The number of hydrogen-bond acceptors (Lipinski definition) is 5. The quantitative estimate of drug-likeness (QED) is 0.797. The molecule has 0 fully saturated rings. The third-order valence-corrected chi connectivity index (χ3v) is 2.69. The van der Waals surface area contributed by atoms with Gasteiger partial charge in [-0.1, -0.05) is 12.1 Å². The first-order valence-corrected chi connectivity index (χ1v) is 6.10. The maximum absolute atomic E-state index is 11.9. The second-order valence-electron chi connectivity index (χ2n) is 3.94. The molecular formula is C14H16O6. The molecule has 1 aromatic carbocycles. The van der Waals surface area contributed by atoms with E-state index in [-0.39, 0.29) is 30.6 Å². The summed E-state index contributed by atoms with van der Waals surface area (Å²) in [6.07, 6.45) is 0.272. The maximum Gasteiger partial charge on any atom is 0.339 e. The van der Waals surface area contributed by atoms with Gasteiger partial charge in [-0.05, 0) is 25.0 Å². The summed E-state index contributed by atoms with van der Waals surface area (Å²) >= 11 is 0. The van der Waals surface area contributed by atoms with E-state index in [0.717, 1.165) is 0 Å². The number of rotatable bonds is 6. The first kappa shape index (κ1) is 15.7. The number of methoxy groups -OCH3 is 1. The van der Waals surface area contributed by atoms with Crippen molar-refractivity contribution in [2.75, 3.05) is 13.7 Å². The lowest BCUT2D eigenvalue weighted by atomic mass is 9.97. The fourth-order valence-corrected chi connectivity index (χ4v) is 1.77. The Bertz CT molecular complexity index is 520. The predicted molar refractivity (Wildman–Crippen MR) is 69.7 cm³/mol. The van der Waals surface area contributed by atoms with E-state index in [1.165, 1.54) is 19.2 Å². The summed E-state index contributed by atoms with van der Waals surface area (Å²) < 4.78 is 9.40. The van der Waals surface area contributed by atoms with Crippen molar-refractivity contribution < 1.29 is 29.0 Å². The smallest absolute Gasteiger partial charge is 0.339 e. The molecule has 1 rings (SSSR count). The van der Waals surface area contributed by atoms with E-state index in [0.29, 0.717) is 5.56 Å². The Labute approximate surface area is 116 Å². The predicted octanol–water partition coefficient (Wildman–Crippen LogP) is 1.67. The lowest BCUT2D eigenvalue weighted by Crippen LogP contribution is -2.15. The Kier molecular flexibility index (Phi) is 5.71. The molecule has 0 unspecified atom stereocenters. The molecule has 0 bridgehead atoms. The highest BCUT2D eigenvalue weighted by molar-refractivity contribution is 6.03. The molecule has 6 nitrogen and oxygen atoms in total. The number of carboxylic acid groups (broad SMARTS) is 1. The summed E-state index contributed by atoms with van der Waals surface area (Å²) in [5.41, 5.74) is 0.310. The highest BCUT2D eigenvalue weighted by atomic mass is 16.5. The van der Waals surface area contributed by atoms with Gasteiger partial charge in [0.15, 0.2) is 0 Å². The van der Waals surface area contributed by atoms with Crippen molar-refractivity contribution in [3.63, 3.8) is 0 Å². The lowest BCUT2D eigenvalue weighted by Gasteiger charge is -2.11. The Morgan fingerprint density at radius 1 is 1.25 bits per heavy atom. The number of ether oxygens (including phenoxy) is 2. The number of carbonyl (C=O) groups excluding carboxylic acids is 2. The molecule has 0 heterocycles. The van der Waals surface area contributed by atoms with E-state index in [2.05, 4.69) is 4.74 Å². The fraction of sp³-hybridized carbons (Fsp3) is 0.357. The number of carbonyl (C=O) groups is 3. The van der Waals surface area contributed by atoms with Crippen LogP contribution in [0.4, 0.5) is 0 Å². The lowest BCUT2D eigenvalue weighted by molar-refractivity contribution is -0.140. The van der Waals surface area contributed by atoms with E-state index in [4.69, 9.17) is 9.84 Å². The average Bonchev–Trinajstić information content (AvgIpc) is 2.44. The van der Waals surface area contributed by atoms with Gasteiger partial charge in [-0.15, -0.1) is 0 Å². The summed E-state index contributed by atoms with van der Waals surface area (Å²) in [7, 11) is 1.27. The van der Waals surface area contributed by atoms with Crippen molar-refractivity contribution >= 4 is 17.9 Å². The van der Waals surface area contributed by atoms with Crippen LogP contribution in [0.5, 0.6) is 0 Å². The molecule has 0 atom stereocenters. The van der Waals surface area contributed by atoms with Crippen LogP contribution in [0.15, 0.2) is 18.2 Å². The SMILES string of the molecule is CCOC(=O)c1c(CCC(=O)OC)cccc1C(=O)O. The zero-order valence-corrected chi connectivity index (χ0v) is 11.3. The summed E-state index contributed by atoms with van der Waals surface area (Å²) in [4.78, 5) is 34.2. The third kappa shape index (κ3) is 3.81. The van der Waals surface area contributed by atoms with Gasteiger partial charge in [0, 0.05) is 6.42 Å². The van der Waals surface area contributed by atoms with Gasteiger partial charge < -0.3 is 14.6 Å². The van der Waals surface area contributed by atoms with Crippen LogP contribution in [-0.2, 0) is 20.7 Å². The summed E-state index contributed by atoms with van der Waals surface area (Å²) in [6, 6.07) is 4.46. The van der Waals surface area contributed by atoms with Crippen LogP contribution in [0.3, 0.4) is 0 Å². The van der Waals surface area contributed by atoms with E-state index in [1.807, 2.05) is 0 Å². The van der Waals surface area contributed by atoms with Gasteiger partial charge in [0.25, 0.3) is 0 Å². The fourth-order valence-electron chi connectivity index (χ4n) is 1.77. The van der Waals surface area contributed by atoms with Crippen molar-refractivity contribution in [1.82, 2.24) is 0 Å². The van der Waals surface area contributed by atoms with Crippen LogP contribution >= 0.6 is 0 Å². The van der Waals surface area contributed by atoms with Gasteiger partial charge in [0.05, 0.1) is 24.8 Å². The minimum atomic E-state index is -1.21. The Balaban J connectivity index is 3.15. The first-order valence-electron chi connectivity index (χ1n) is 6.10. The van der Waals surface area contributed by atoms with Gasteiger partial charge in [0.2, 0.25) is 0 Å². The van der Waals surface area contributed by atoms with Crippen molar-refractivity contribution in [3.8, 4) is 0 Å². The van der Waals surface area contributed by atoms with Gasteiger partial charge in [-0.3, -0.25) is 4.79 Å². The van der Waals surface area contributed by atoms with Crippen LogP contribution in [0, 0.1) is 0 Å². The molecule has 1 aromatic rings. The number of aryl methyl sites for hydroxylation is 1. The van der Waals surface area contributed by atoms with Crippen LogP contribution in [0.2, 0.25) is 0 Å². The highest BCUT2D eigenvalue weighted by Crippen LogP contribution is 2.18. The van der Waals surface area contributed by atoms with Crippen LogP contribution in [0.1, 0.15) is 39.6 Å². The molecule has 0 amide bonds. The average molecular weight is 280 g/mol. The van der Waals surface area contributed by atoms with Crippen molar-refractivity contribution in [3.05, 3.63) is 34.9 Å². The van der Waals surface area contributed by atoms with Crippen LogP contribution in [-0.4, -0.2) is 36.7 Å². The Hall–Kier alpha value is -2.37. The summed E-state index contributed by atoms with van der Waals surface area (Å²) in [5, 5.41) is 9.13. The largest absolute Gasteiger partial charge is 0.478 e. The molecule has 0 saturated heterocycles. The van der Waals surface area contributed by atoms with E-state index in [1.54, 1.807) is 13.0 Å². The summed E-state index contributed by atoms with van der Waals surface area (Å²) in [5.74, 6) is -2.35. The summed E-state index contributed by atoms with van der Waals surface area (Å²) in [6.45, 7) is 1.78. The molecule has 0 aromatic heterocycles. The number of carboxylic acids is 1. The van der Waals surface area contributed by atoms with Gasteiger partial charge in [-0.2, -0.15) is 0 Å². The minimum absolute atomic E-state index is 0.00856. The molecule has 0 aliphatic carbocycles. The number of hydrogen-bond donors (Lipinski definition) is 1. The van der Waals surface area contributed by atoms with Crippen LogP contribution in [0.25, 0.3) is 0 Å². The molecule has 0 aliphatic rings. The number of benzene rings is 1. The zero-order chi connectivity index (χ0) is 15.1. The van der Waals surface area contributed by atoms with E-state index < -0.39 is 17.9 Å². The zero-order valence-electron chi connectivity index (χ0n) is 11.3. The monoisotopic (exact) mass is 280 g/mol. The maximum atomic E-state index is 11.9. The number of aromatic carboxylic acids is 1. The minimum Gasteiger partial charge on any atom is -0.478 e. The molecule has 0 aliphatic heterocycles. The van der Waals surface area contributed by atoms with E-state index >= 15 is 0 Å². The third-order valence-electron chi connectivity index (χ3n) is 2.69. The molecule has 20 heavy (non-hydrogen) atoms. The molecule has 1 N–H and O–H groups in total. The Morgan fingerprint density at radius 2 is 1.95 bits per heavy atom. The van der Waals surface area contributed by atoms with Crippen molar-refractivity contribution in [1.29, 1.82) is 0 Å². The molecule has 0 radical (unpaired) electrons. The topological polar surface area (TPSA) is 89.9 Å². The second-order valence-corrected chi connectivity index (χ2v) is 3.94.